The number of aromatic nitrogens is 4. The fourth-order valence-electron chi connectivity index (χ4n) is 2.50. The summed E-state index contributed by atoms with van der Waals surface area (Å²) in [7, 11) is 0. The first kappa shape index (κ1) is 20.9. The summed E-state index contributed by atoms with van der Waals surface area (Å²) in [5, 5.41) is 32.7. The molecule has 0 aromatic carbocycles. The molecular formula is C17H17F2N7O4. The maximum atomic E-state index is 14.4. The van der Waals surface area contributed by atoms with Gasteiger partial charge < -0.3 is 20.5 Å². The molecule has 0 saturated carbocycles. The minimum atomic E-state index is -0.986. The van der Waals surface area contributed by atoms with Gasteiger partial charge in [0.05, 0.1) is 42.1 Å². The Kier molecular flexibility index (Phi) is 6.32. The second kappa shape index (κ2) is 9.09. The molecule has 3 rings (SSSR count). The van der Waals surface area contributed by atoms with Crippen molar-refractivity contribution in [1.82, 2.24) is 20.2 Å². The van der Waals surface area contributed by atoms with Gasteiger partial charge in [0.2, 0.25) is 11.7 Å². The van der Waals surface area contributed by atoms with Gasteiger partial charge in [0.1, 0.15) is 11.6 Å². The quantitative estimate of drug-likeness (QED) is 0.302. The van der Waals surface area contributed by atoms with Crippen LogP contribution < -0.4 is 15.4 Å². The summed E-state index contributed by atoms with van der Waals surface area (Å²) in [6.07, 6.45) is 0.938. The molecule has 11 nitrogen and oxygen atoms in total. The van der Waals surface area contributed by atoms with Crippen LogP contribution in [-0.2, 0) is 0 Å². The molecule has 3 aromatic rings. The highest BCUT2D eigenvalue weighted by Crippen LogP contribution is 2.31. The summed E-state index contributed by atoms with van der Waals surface area (Å²) in [6.45, 7) is 1.61. The summed E-state index contributed by atoms with van der Waals surface area (Å²) >= 11 is 0. The number of nitrogens with zero attached hydrogens (tertiary/aromatic N) is 4. The molecule has 0 saturated heterocycles. The van der Waals surface area contributed by atoms with Gasteiger partial charge in [-0.1, -0.05) is 0 Å². The van der Waals surface area contributed by atoms with Crippen molar-refractivity contribution in [3.8, 4) is 5.88 Å². The summed E-state index contributed by atoms with van der Waals surface area (Å²) in [4.78, 5) is 18.3. The zero-order chi connectivity index (χ0) is 21.7. The van der Waals surface area contributed by atoms with Crippen molar-refractivity contribution in [2.24, 2.45) is 0 Å². The van der Waals surface area contributed by atoms with Crippen LogP contribution in [0, 0.1) is 21.7 Å². The van der Waals surface area contributed by atoms with Crippen LogP contribution in [0.5, 0.6) is 5.88 Å². The van der Waals surface area contributed by atoms with Crippen LogP contribution >= 0.6 is 0 Å². The van der Waals surface area contributed by atoms with Gasteiger partial charge in [0.25, 0.3) is 0 Å². The molecule has 3 aromatic heterocycles. The maximum Gasteiger partial charge on any atom is 0.314 e. The van der Waals surface area contributed by atoms with E-state index in [4.69, 9.17) is 4.74 Å². The minimum absolute atomic E-state index is 0.212. The Balaban J connectivity index is 1.92. The van der Waals surface area contributed by atoms with Gasteiger partial charge in [0, 0.05) is 6.07 Å². The maximum absolute atomic E-state index is 14.4. The van der Waals surface area contributed by atoms with E-state index in [9.17, 15) is 24.0 Å². The Labute approximate surface area is 168 Å². The standard InChI is InChI=1S/C17H17F2N7O4/c1-2-30-15-6-14(24-25-15)22-16-10(19)5-13(26(28)29)17(23-16)21-12(8-27)11-4-3-9(18)7-20-11/h3-7,12,27H,2,8H2,1H3,(H3,21,22,23,24,25)/t12-/m0/s1. The van der Waals surface area contributed by atoms with Crippen LogP contribution in [0.15, 0.2) is 30.5 Å². The Morgan fingerprint density at radius 1 is 1.33 bits per heavy atom. The Hall–Kier alpha value is -3.87. The summed E-state index contributed by atoms with van der Waals surface area (Å²) in [5.74, 6) is -1.72. The molecule has 4 N–H and O–H groups in total. The smallest absolute Gasteiger partial charge is 0.314 e. The van der Waals surface area contributed by atoms with Crippen LogP contribution in [0.1, 0.15) is 18.7 Å². The third-order valence-corrected chi connectivity index (χ3v) is 3.85. The van der Waals surface area contributed by atoms with E-state index in [1.807, 2.05) is 0 Å². The normalized spacial score (nSPS) is 11.7. The summed E-state index contributed by atoms with van der Waals surface area (Å²) < 4.78 is 32.7. The van der Waals surface area contributed by atoms with Crippen molar-refractivity contribution in [3.05, 3.63) is 57.9 Å². The van der Waals surface area contributed by atoms with Gasteiger partial charge in [-0.25, -0.2) is 13.8 Å². The molecule has 0 aliphatic rings. The Morgan fingerprint density at radius 2 is 2.13 bits per heavy atom. The van der Waals surface area contributed by atoms with Gasteiger partial charge in [-0.3, -0.25) is 20.2 Å². The summed E-state index contributed by atoms with van der Waals surface area (Å²) in [6, 6.07) is 3.62. The lowest BCUT2D eigenvalue weighted by atomic mass is 10.2. The van der Waals surface area contributed by atoms with Crippen molar-refractivity contribution in [3.63, 3.8) is 0 Å². The number of hydrogen-bond acceptors (Lipinski definition) is 9. The van der Waals surface area contributed by atoms with Gasteiger partial charge in [-0.05, 0) is 19.1 Å². The van der Waals surface area contributed by atoms with E-state index in [-0.39, 0.29) is 29.0 Å². The number of aliphatic hydroxyl groups excluding tert-OH is 1. The van der Waals surface area contributed by atoms with Gasteiger partial charge >= 0.3 is 5.69 Å². The van der Waals surface area contributed by atoms with Crippen LogP contribution in [0.25, 0.3) is 0 Å². The van der Waals surface area contributed by atoms with Gasteiger partial charge in [-0.15, -0.1) is 5.10 Å². The number of aromatic amines is 1. The van der Waals surface area contributed by atoms with E-state index < -0.39 is 34.9 Å². The molecule has 0 spiro atoms. The lowest BCUT2D eigenvalue weighted by molar-refractivity contribution is -0.384. The zero-order valence-electron chi connectivity index (χ0n) is 15.6. The molecule has 30 heavy (non-hydrogen) atoms. The molecule has 0 aliphatic heterocycles. The van der Waals surface area contributed by atoms with Crippen molar-refractivity contribution >= 4 is 23.1 Å². The molecule has 0 fully saturated rings. The van der Waals surface area contributed by atoms with E-state index in [2.05, 4.69) is 30.8 Å². The van der Waals surface area contributed by atoms with E-state index in [0.717, 1.165) is 12.3 Å². The largest absolute Gasteiger partial charge is 0.477 e. The van der Waals surface area contributed by atoms with Crippen LogP contribution in [-0.4, -0.2) is 43.4 Å². The van der Waals surface area contributed by atoms with Crippen LogP contribution in [0.3, 0.4) is 0 Å². The first-order valence-corrected chi connectivity index (χ1v) is 8.70. The van der Waals surface area contributed by atoms with Crippen LogP contribution in [0.4, 0.5) is 31.9 Å². The fourth-order valence-corrected chi connectivity index (χ4v) is 2.50. The predicted molar refractivity (Wildman–Crippen MR) is 102 cm³/mol. The molecular weight excluding hydrogens is 404 g/mol. The molecule has 1 atom stereocenters. The first-order valence-electron chi connectivity index (χ1n) is 8.70. The number of halogens is 2. The lowest BCUT2D eigenvalue weighted by Crippen LogP contribution is -2.18. The number of rotatable bonds is 9. The molecule has 158 valence electrons. The van der Waals surface area contributed by atoms with E-state index in [1.165, 1.54) is 12.1 Å². The van der Waals surface area contributed by atoms with E-state index >= 15 is 0 Å². The van der Waals surface area contributed by atoms with Crippen molar-refractivity contribution in [2.45, 2.75) is 13.0 Å². The molecule has 0 radical (unpaired) electrons. The SMILES string of the molecule is CCOc1cc(Nc2nc(N[C@@H](CO)c3ccc(F)cn3)c([N+](=O)[O-])cc2F)[nH]n1. The third kappa shape index (κ3) is 4.75. The number of ether oxygens (including phenoxy) is 1. The monoisotopic (exact) mass is 421 g/mol. The van der Waals surface area contributed by atoms with Gasteiger partial charge in [0.15, 0.2) is 11.6 Å². The van der Waals surface area contributed by atoms with Crippen molar-refractivity contribution in [1.29, 1.82) is 0 Å². The third-order valence-electron chi connectivity index (χ3n) is 3.85. The second-order valence-electron chi connectivity index (χ2n) is 5.90. The first-order chi connectivity index (χ1) is 14.4. The molecule has 0 bridgehead atoms. The number of anilines is 3. The highest BCUT2D eigenvalue weighted by Gasteiger charge is 2.24. The highest BCUT2D eigenvalue weighted by molar-refractivity contribution is 5.64. The highest BCUT2D eigenvalue weighted by atomic mass is 19.1. The zero-order valence-corrected chi connectivity index (χ0v) is 15.6. The van der Waals surface area contributed by atoms with Gasteiger partial charge in [-0.2, -0.15) is 0 Å². The number of H-pyrrole nitrogens is 1. The number of aliphatic hydroxyl groups is 1. The lowest BCUT2D eigenvalue weighted by Gasteiger charge is -2.17. The molecule has 0 unspecified atom stereocenters. The minimum Gasteiger partial charge on any atom is -0.477 e. The number of nitro groups is 1. The number of hydrogen-bond donors (Lipinski definition) is 4. The molecule has 0 amide bonds. The van der Waals surface area contributed by atoms with Crippen molar-refractivity contribution in [2.75, 3.05) is 23.8 Å². The van der Waals surface area contributed by atoms with Crippen LogP contribution in [0.2, 0.25) is 0 Å². The molecule has 13 heteroatoms. The van der Waals surface area contributed by atoms with E-state index in [1.54, 1.807) is 6.92 Å². The average molecular weight is 421 g/mol. The number of nitrogens with one attached hydrogen (secondary N) is 3. The predicted octanol–water partition coefficient (Wildman–Crippen LogP) is 2.67. The molecule has 3 heterocycles. The van der Waals surface area contributed by atoms with Crippen molar-refractivity contribution < 1.29 is 23.5 Å². The number of pyridine rings is 2. The Morgan fingerprint density at radius 3 is 2.77 bits per heavy atom. The van der Waals surface area contributed by atoms with E-state index in [0.29, 0.717) is 12.7 Å². The topological polar surface area (TPSA) is 151 Å². The second-order valence-corrected chi connectivity index (χ2v) is 5.90. The average Bonchev–Trinajstić information content (AvgIpc) is 3.16. The fraction of sp³-hybridized carbons (Fsp3) is 0.235. The summed E-state index contributed by atoms with van der Waals surface area (Å²) in [5.41, 5.74) is -0.443. The Bertz CT molecular complexity index is 1030. The molecule has 0 aliphatic carbocycles.